The number of aromatic hydroxyl groups is 2. The van der Waals surface area contributed by atoms with E-state index in [0.29, 0.717) is 22.6 Å². The third-order valence-electron chi connectivity index (χ3n) is 6.63. The Morgan fingerprint density at radius 2 is 1.38 bits per heavy atom. The van der Waals surface area contributed by atoms with Crippen LogP contribution in [0.1, 0.15) is 36.1 Å². The second-order valence-electron chi connectivity index (χ2n) is 9.66. The van der Waals surface area contributed by atoms with E-state index in [-0.39, 0.29) is 42.1 Å². The third-order valence-corrected chi connectivity index (χ3v) is 9.50. The molecule has 1 atom stereocenters. The molecule has 40 heavy (non-hydrogen) atoms. The molecule has 0 saturated carbocycles. The lowest BCUT2D eigenvalue weighted by atomic mass is 9.77. The molecule has 0 saturated heterocycles. The topological polar surface area (TPSA) is 138 Å². The molecule has 4 aromatic rings. The summed E-state index contributed by atoms with van der Waals surface area (Å²) in [6.07, 6.45) is 0.0194. The van der Waals surface area contributed by atoms with Crippen molar-refractivity contribution >= 4 is 26.3 Å². The minimum absolute atomic E-state index is 0.0377. The van der Waals surface area contributed by atoms with Gasteiger partial charge in [0.05, 0.1) is 16.0 Å². The highest BCUT2D eigenvalue weighted by Gasteiger charge is 2.27. The summed E-state index contributed by atoms with van der Waals surface area (Å²) in [5.74, 6) is 0.712. The minimum Gasteiger partial charge on any atom is -0.508 e. The zero-order valence-corrected chi connectivity index (χ0v) is 24.3. The van der Waals surface area contributed by atoms with Gasteiger partial charge in [0.25, 0.3) is 0 Å². The van der Waals surface area contributed by atoms with E-state index in [2.05, 4.69) is 0 Å². The molecule has 3 N–H and O–H groups in total. The predicted octanol–water partition coefficient (Wildman–Crippen LogP) is 7.08. The Morgan fingerprint density at radius 3 is 1.95 bits per heavy atom. The summed E-state index contributed by atoms with van der Waals surface area (Å²) >= 11 is 0. The number of phenols is 2. The van der Waals surface area contributed by atoms with Crippen molar-refractivity contribution in [1.82, 2.24) is 0 Å². The maximum atomic E-state index is 12.9. The number of sulfone groups is 1. The van der Waals surface area contributed by atoms with Crippen LogP contribution in [-0.4, -0.2) is 23.5 Å². The summed E-state index contributed by atoms with van der Waals surface area (Å²) in [6, 6.07) is 21.5. The van der Waals surface area contributed by atoms with Crippen LogP contribution in [0.4, 0.5) is 0 Å². The SMILES string of the molecule is CC(C)(c1ccc(O)c(CP=O)c1)c1ccc(Oc2ccc(S(=O)(=O)c3ccc(O)cc3)cc2)c(C[P+](=O)O)c1. The van der Waals surface area contributed by atoms with Gasteiger partial charge in [0, 0.05) is 16.5 Å². The molecule has 0 aliphatic rings. The highest BCUT2D eigenvalue weighted by atomic mass is 32.2. The molecule has 0 heterocycles. The van der Waals surface area contributed by atoms with Crippen LogP contribution in [0.15, 0.2) is 94.7 Å². The fraction of sp³-hybridized carbons (Fsp3) is 0.172. The molecular formula is C29H27O8P2S+. The third kappa shape index (κ3) is 6.40. The maximum absolute atomic E-state index is 12.9. The first-order valence-electron chi connectivity index (χ1n) is 12.1. The minimum atomic E-state index is -3.80. The summed E-state index contributed by atoms with van der Waals surface area (Å²) in [4.78, 5) is 9.79. The molecule has 0 radical (unpaired) electrons. The zero-order valence-electron chi connectivity index (χ0n) is 21.7. The number of ether oxygens (including phenoxy) is 1. The summed E-state index contributed by atoms with van der Waals surface area (Å²) in [6.45, 7) is 3.95. The molecule has 0 aliphatic carbocycles. The van der Waals surface area contributed by atoms with E-state index in [1.807, 2.05) is 19.9 Å². The van der Waals surface area contributed by atoms with Gasteiger partial charge in [-0.2, -0.15) is 4.89 Å². The normalized spacial score (nSPS) is 12.3. The van der Waals surface area contributed by atoms with Gasteiger partial charge in [0.15, 0.2) is 8.46 Å². The molecule has 0 bridgehead atoms. The van der Waals surface area contributed by atoms with Crippen molar-refractivity contribution in [3.05, 3.63) is 107 Å². The van der Waals surface area contributed by atoms with Crippen molar-refractivity contribution in [2.45, 2.75) is 41.4 Å². The average Bonchev–Trinajstić information content (AvgIpc) is 2.91. The van der Waals surface area contributed by atoms with Crippen LogP contribution in [0.5, 0.6) is 23.0 Å². The van der Waals surface area contributed by atoms with Gasteiger partial charge in [0.1, 0.15) is 23.0 Å². The van der Waals surface area contributed by atoms with Gasteiger partial charge in [-0.3, -0.25) is 4.57 Å². The van der Waals surface area contributed by atoms with Gasteiger partial charge < -0.3 is 14.9 Å². The number of hydrogen-bond acceptors (Lipinski definition) is 7. The van der Waals surface area contributed by atoms with Crippen LogP contribution in [0.2, 0.25) is 0 Å². The van der Waals surface area contributed by atoms with Gasteiger partial charge in [-0.05, 0) is 82.4 Å². The van der Waals surface area contributed by atoms with E-state index in [0.717, 1.165) is 11.1 Å². The average molecular weight is 598 g/mol. The quantitative estimate of drug-likeness (QED) is 0.165. The fourth-order valence-corrected chi connectivity index (χ4v) is 6.44. The van der Waals surface area contributed by atoms with Crippen molar-refractivity contribution in [2.75, 3.05) is 0 Å². The molecule has 4 rings (SSSR count). The van der Waals surface area contributed by atoms with Gasteiger partial charge in [-0.1, -0.05) is 32.0 Å². The predicted molar refractivity (Wildman–Crippen MR) is 152 cm³/mol. The first-order chi connectivity index (χ1) is 18.9. The van der Waals surface area contributed by atoms with E-state index < -0.39 is 23.3 Å². The van der Waals surface area contributed by atoms with Crippen LogP contribution >= 0.6 is 16.5 Å². The number of phenolic OH excluding ortho intramolecular Hbond substituents is 2. The Kier molecular flexibility index (Phi) is 8.71. The second kappa shape index (κ2) is 11.9. The Balaban J connectivity index is 1.64. The lowest BCUT2D eigenvalue weighted by Crippen LogP contribution is -2.19. The van der Waals surface area contributed by atoms with Crippen LogP contribution < -0.4 is 4.74 Å². The van der Waals surface area contributed by atoms with Crippen LogP contribution in [-0.2, 0) is 36.7 Å². The molecule has 206 valence electrons. The van der Waals surface area contributed by atoms with E-state index in [4.69, 9.17) is 4.74 Å². The summed E-state index contributed by atoms with van der Waals surface area (Å²) in [5.41, 5.74) is 2.17. The lowest BCUT2D eigenvalue weighted by molar-refractivity contribution is 0.468. The Hall–Kier alpha value is -3.61. The monoisotopic (exact) mass is 597 g/mol. The molecule has 8 nitrogen and oxygen atoms in total. The van der Waals surface area contributed by atoms with Crippen LogP contribution in [0.25, 0.3) is 0 Å². The van der Waals surface area contributed by atoms with E-state index in [1.165, 1.54) is 48.5 Å². The standard InChI is InChI=1S/C29H26O8P2S/c1-29(2,21-3-13-27(31)19(15-21)17-38-32)22-4-14-28(20(16-22)18-39(33)34)37-24-7-11-26(12-8-24)40(35,36)25-9-5-23(30)6-10-25/h3-16H,17-18H2,1-2H3,(H2-,30,31,33,34)/p+1. The van der Waals surface area contributed by atoms with E-state index in [1.54, 1.807) is 30.3 Å². The zero-order chi connectivity index (χ0) is 29.1. The lowest BCUT2D eigenvalue weighted by Gasteiger charge is -2.27. The van der Waals surface area contributed by atoms with Gasteiger partial charge >= 0.3 is 8.03 Å². The molecular weight excluding hydrogens is 570 g/mol. The maximum Gasteiger partial charge on any atom is 0.510 e. The van der Waals surface area contributed by atoms with Crippen LogP contribution in [0.3, 0.4) is 0 Å². The summed E-state index contributed by atoms with van der Waals surface area (Å²) < 4.78 is 54.7. The summed E-state index contributed by atoms with van der Waals surface area (Å²) in [5, 5.41) is 19.5. The molecule has 11 heteroatoms. The second-order valence-corrected chi connectivity index (χ2v) is 13.2. The van der Waals surface area contributed by atoms with Crippen molar-refractivity contribution in [3.8, 4) is 23.0 Å². The van der Waals surface area contributed by atoms with Crippen molar-refractivity contribution in [3.63, 3.8) is 0 Å². The Labute approximate surface area is 234 Å². The molecule has 4 aromatic carbocycles. The van der Waals surface area contributed by atoms with Crippen molar-refractivity contribution < 1.29 is 37.4 Å². The number of hydrogen-bond donors (Lipinski definition) is 3. The largest absolute Gasteiger partial charge is 0.510 e. The first-order valence-corrected chi connectivity index (χ1v) is 16.0. The van der Waals surface area contributed by atoms with Crippen molar-refractivity contribution in [2.24, 2.45) is 0 Å². The smallest absolute Gasteiger partial charge is 0.508 e. The molecule has 0 fully saturated rings. The van der Waals surface area contributed by atoms with Crippen molar-refractivity contribution in [1.29, 1.82) is 0 Å². The molecule has 0 aromatic heterocycles. The Bertz CT molecular complexity index is 1670. The Morgan fingerprint density at radius 1 is 0.825 bits per heavy atom. The molecule has 0 aliphatic heterocycles. The first kappa shape index (κ1) is 29.4. The highest BCUT2D eigenvalue weighted by Crippen LogP contribution is 2.39. The fourth-order valence-electron chi connectivity index (χ4n) is 4.25. The molecule has 0 amide bonds. The summed E-state index contributed by atoms with van der Waals surface area (Å²) in [7, 11) is -6.44. The molecule has 0 spiro atoms. The van der Waals surface area contributed by atoms with Gasteiger partial charge in [-0.15, -0.1) is 0 Å². The number of benzene rings is 4. The van der Waals surface area contributed by atoms with Gasteiger partial charge in [0.2, 0.25) is 16.0 Å². The van der Waals surface area contributed by atoms with E-state index in [9.17, 15) is 32.7 Å². The van der Waals surface area contributed by atoms with Gasteiger partial charge in [-0.25, -0.2) is 8.42 Å². The molecule has 1 unspecified atom stereocenters. The van der Waals surface area contributed by atoms with Crippen LogP contribution in [0, 0.1) is 0 Å². The van der Waals surface area contributed by atoms with E-state index >= 15 is 0 Å². The highest BCUT2D eigenvalue weighted by molar-refractivity contribution is 7.91. The number of rotatable bonds is 10.